The Kier molecular flexibility index (Phi) is 6.22. The molecule has 2 aromatic rings. The zero-order valence-electron chi connectivity index (χ0n) is 17.0. The quantitative estimate of drug-likeness (QED) is 0.552. The minimum atomic E-state index is -0.895. The number of hydrogen-bond donors (Lipinski definition) is 0. The number of amides is 1. The van der Waals surface area contributed by atoms with Crippen molar-refractivity contribution >= 4 is 23.6 Å². The third-order valence-corrected chi connectivity index (χ3v) is 4.92. The van der Waals surface area contributed by atoms with Crippen LogP contribution in [-0.4, -0.2) is 38.2 Å². The van der Waals surface area contributed by atoms with Gasteiger partial charge >= 0.3 is 5.97 Å². The largest absolute Gasteiger partial charge is 0.493 e. The minimum absolute atomic E-state index is 0.0256. The van der Waals surface area contributed by atoms with Crippen molar-refractivity contribution in [3.8, 4) is 11.5 Å². The fraction of sp³-hybridized carbons (Fsp3) is 0.304. The first-order valence-electron chi connectivity index (χ1n) is 9.47. The second-order valence-corrected chi connectivity index (χ2v) is 6.89. The molecule has 0 fully saturated rings. The van der Waals surface area contributed by atoms with Crippen LogP contribution in [0.4, 0.5) is 5.69 Å². The molecule has 0 unspecified atom stereocenters. The Morgan fingerprint density at radius 3 is 2.59 bits per heavy atom. The molecule has 152 valence electrons. The summed E-state index contributed by atoms with van der Waals surface area (Å²) in [4.78, 5) is 26.9. The summed E-state index contributed by atoms with van der Waals surface area (Å²) in [6.07, 6.45) is 2.75. The molecule has 0 aromatic heterocycles. The molecule has 0 N–H and O–H groups in total. The molecule has 0 bridgehead atoms. The molecule has 6 nitrogen and oxygen atoms in total. The molecule has 2 aromatic carbocycles. The zero-order valence-corrected chi connectivity index (χ0v) is 17.0. The molecule has 2 atom stereocenters. The number of nitrogens with zero attached hydrogens (tertiary/aromatic N) is 1. The summed E-state index contributed by atoms with van der Waals surface area (Å²) in [5.74, 6) is 0.248. The van der Waals surface area contributed by atoms with E-state index in [2.05, 4.69) is 0 Å². The van der Waals surface area contributed by atoms with Gasteiger partial charge in [-0.15, -0.1) is 0 Å². The van der Waals surface area contributed by atoms with Crippen LogP contribution in [0.1, 0.15) is 25.0 Å². The van der Waals surface area contributed by atoms with E-state index in [1.807, 2.05) is 31.2 Å². The summed E-state index contributed by atoms with van der Waals surface area (Å²) in [6.45, 7) is 3.58. The van der Waals surface area contributed by atoms with Gasteiger partial charge in [0.25, 0.3) is 5.91 Å². The van der Waals surface area contributed by atoms with Crippen molar-refractivity contribution < 1.29 is 23.8 Å². The average molecular weight is 395 g/mol. The number of benzene rings is 2. The van der Waals surface area contributed by atoms with Crippen molar-refractivity contribution in [3.05, 3.63) is 59.7 Å². The molecule has 1 heterocycles. The summed E-state index contributed by atoms with van der Waals surface area (Å²) in [5.41, 5.74) is 2.67. The number of para-hydroxylation sites is 2. The van der Waals surface area contributed by atoms with Crippen LogP contribution in [-0.2, 0) is 20.7 Å². The van der Waals surface area contributed by atoms with Crippen molar-refractivity contribution in [1.29, 1.82) is 0 Å². The maximum atomic E-state index is 12.9. The van der Waals surface area contributed by atoms with Gasteiger partial charge in [0.15, 0.2) is 17.6 Å². The second-order valence-electron chi connectivity index (χ2n) is 6.89. The molecule has 0 spiro atoms. The predicted octanol–water partition coefficient (Wildman–Crippen LogP) is 3.63. The number of carbonyl (C=O) groups is 2. The number of anilines is 1. The molecule has 0 aliphatic carbocycles. The van der Waals surface area contributed by atoms with Crippen LogP contribution in [0.5, 0.6) is 11.5 Å². The fourth-order valence-corrected chi connectivity index (χ4v) is 3.56. The minimum Gasteiger partial charge on any atom is -0.493 e. The number of hydrogen-bond acceptors (Lipinski definition) is 5. The van der Waals surface area contributed by atoms with Crippen molar-refractivity contribution in [1.82, 2.24) is 0 Å². The van der Waals surface area contributed by atoms with Gasteiger partial charge in [0.05, 0.1) is 14.2 Å². The molecule has 1 aliphatic rings. The molecule has 0 saturated carbocycles. The highest BCUT2D eigenvalue weighted by atomic mass is 16.5. The van der Waals surface area contributed by atoms with E-state index in [-0.39, 0.29) is 11.9 Å². The van der Waals surface area contributed by atoms with Crippen molar-refractivity contribution in [2.45, 2.75) is 32.4 Å². The molecule has 1 amide bonds. The van der Waals surface area contributed by atoms with Gasteiger partial charge in [-0.1, -0.05) is 30.3 Å². The molecule has 0 radical (unpaired) electrons. The van der Waals surface area contributed by atoms with E-state index in [0.29, 0.717) is 17.1 Å². The summed E-state index contributed by atoms with van der Waals surface area (Å²) >= 11 is 0. The van der Waals surface area contributed by atoms with E-state index < -0.39 is 12.1 Å². The Morgan fingerprint density at radius 2 is 1.86 bits per heavy atom. The second kappa shape index (κ2) is 8.82. The first-order valence-corrected chi connectivity index (χ1v) is 9.47. The summed E-state index contributed by atoms with van der Waals surface area (Å²) in [5, 5.41) is 0. The molecule has 6 heteroatoms. The van der Waals surface area contributed by atoms with E-state index in [1.54, 1.807) is 43.2 Å². The number of fused-ring (bicyclic) bond motifs is 1. The summed E-state index contributed by atoms with van der Waals surface area (Å²) < 4.78 is 15.9. The topological polar surface area (TPSA) is 65.1 Å². The molecular weight excluding hydrogens is 370 g/mol. The van der Waals surface area contributed by atoms with Gasteiger partial charge in [-0.2, -0.15) is 0 Å². The fourth-order valence-electron chi connectivity index (χ4n) is 3.56. The highest BCUT2D eigenvalue weighted by molar-refractivity contribution is 6.00. The molecule has 0 saturated heterocycles. The third kappa shape index (κ3) is 4.26. The maximum Gasteiger partial charge on any atom is 0.331 e. The zero-order chi connectivity index (χ0) is 21.0. The van der Waals surface area contributed by atoms with Crippen LogP contribution in [0.3, 0.4) is 0 Å². The van der Waals surface area contributed by atoms with Gasteiger partial charge in [0.2, 0.25) is 0 Å². The van der Waals surface area contributed by atoms with Gasteiger partial charge in [-0.3, -0.25) is 4.79 Å². The standard InChI is InChI=1S/C23H25NO5/c1-15-14-18-8-5-6-10-19(18)24(15)23(26)16(2)29-21(25)13-12-17-9-7-11-20(27-3)22(17)28-4/h5-13,15-16H,14H2,1-4H3/b13-12+/t15-,16+/m0/s1. The van der Waals surface area contributed by atoms with E-state index in [9.17, 15) is 9.59 Å². The van der Waals surface area contributed by atoms with Crippen molar-refractivity contribution in [3.63, 3.8) is 0 Å². The van der Waals surface area contributed by atoms with Crippen molar-refractivity contribution in [2.75, 3.05) is 19.1 Å². The van der Waals surface area contributed by atoms with Gasteiger partial charge in [0, 0.05) is 23.4 Å². The SMILES string of the molecule is COc1cccc(/C=C/C(=O)O[C@H](C)C(=O)N2c3ccccc3C[C@@H]2C)c1OC. The first-order chi connectivity index (χ1) is 14.0. The highest BCUT2D eigenvalue weighted by Crippen LogP contribution is 2.33. The maximum absolute atomic E-state index is 12.9. The average Bonchev–Trinajstić information content (AvgIpc) is 3.06. The van der Waals surface area contributed by atoms with Crippen molar-refractivity contribution in [2.24, 2.45) is 0 Å². The van der Waals surface area contributed by atoms with Gasteiger partial charge in [-0.25, -0.2) is 4.79 Å². The van der Waals surface area contributed by atoms with Crippen LogP contribution in [0.2, 0.25) is 0 Å². The van der Waals surface area contributed by atoms with E-state index in [1.165, 1.54) is 13.2 Å². The Hall–Kier alpha value is -3.28. The number of ether oxygens (including phenoxy) is 3. The molecule has 29 heavy (non-hydrogen) atoms. The number of rotatable bonds is 6. The lowest BCUT2D eigenvalue weighted by atomic mass is 10.1. The Bertz CT molecular complexity index is 937. The molecule has 1 aliphatic heterocycles. The lowest BCUT2D eigenvalue weighted by Crippen LogP contribution is -2.43. The summed E-state index contributed by atoms with van der Waals surface area (Å²) in [6, 6.07) is 13.2. The third-order valence-electron chi connectivity index (χ3n) is 4.92. The number of carbonyl (C=O) groups excluding carboxylic acids is 2. The van der Waals surface area contributed by atoms with E-state index >= 15 is 0 Å². The Labute approximate surface area is 170 Å². The lowest BCUT2D eigenvalue weighted by Gasteiger charge is -2.25. The predicted molar refractivity (Wildman–Crippen MR) is 111 cm³/mol. The van der Waals surface area contributed by atoms with Crippen LogP contribution < -0.4 is 14.4 Å². The number of esters is 1. The monoisotopic (exact) mass is 395 g/mol. The smallest absolute Gasteiger partial charge is 0.331 e. The number of methoxy groups -OCH3 is 2. The normalized spacial score (nSPS) is 16.4. The molecular formula is C23H25NO5. The van der Waals surface area contributed by atoms with E-state index in [0.717, 1.165) is 17.7 Å². The van der Waals surface area contributed by atoms with Gasteiger partial charge in [-0.05, 0) is 44.0 Å². The van der Waals surface area contributed by atoms with Crippen LogP contribution >= 0.6 is 0 Å². The Balaban J connectivity index is 1.68. The van der Waals surface area contributed by atoms with Gasteiger partial charge < -0.3 is 19.1 Å². The molecule has 3 rings (SSSR count). The van der Waals surface area contributed by atoms with E-state index in [4.69, 9.17) is 14.2 Å². The van der Waals surface area contributed by atoms with Crippen LogP contribution in [0, 0.1) is 0 Å². The Morgan fingerprint density at radius 1 is 1.10 bits per heavy atom. The highest BCUT2D eigenvalue weighted by Gasteiger charge is 2.34. The van der Waals surface area contributed by atoms with Crippen LogP contribution in [0.15, 0.2) is 48.5 Å². The van der Waals surface area contributed by atoms with Gasteiger partial charge in [0.1, 0.15) is 0 Å². The van der Waals surface area contributed by atoms with Crippen LogP contribution in [0.25, 0.3) is 6.08 Å². The summed E-state index contributed by atoms with van der Waals surface area (Å²) in [7, 11) is 3.08. The first kappa shape index (κ1) is 20.5. The lowest BCUT2D eigenvalue weighted by molar-refractivity contribution is -0.149.